The zero-order chi connectivity index (χ0) is 25.5. The van der Waals surface area contributed by atoms with Gasteiger partial charge in [-0.1, -0.05) is 36.5 Å². The lowest BCUT2D eigenvalue weighted by molar-refractivity contribution is -0.117. The van der Waals surface area contributed by atoms with Crippen molar-refractivity contribution in [2.24, 2.45) is 11.8 Å². The fourth-order valence-electron chi connectivity index (χ4n) is 5.70. The van der Waals surface area contributed by atoms with Gasteiger partial charge in [0.05, 0.1) is 11.0 Å². The Kier molecular flexibility index (Phi) is 9.05. The molecule has 2 aromatic rings. The van der Waals surface area contributed by atoms with Crippen LogP contribution in [0.4, 0.5) is 10.3 Å². The number of benzene rings is 1. The number of aromatic amines is 1. The summed E-state index contributed by atoms with van der Waals surface area (Å²) >= 11 is 0. The smallest absolute Gasteiger partial charge is 0.269 e. The third-order valence-corrected chi connectivity index (χ3v) is 10.0. The number of H-pyrrole nitrogens is 1. The molecule has 1 saturated carbocycles. The Labute approximate surface area is 212 Å². The summed E-state index contributed by atoms with van der Waals surface area (Å²) in [7, 11) is -3.44. The first-order valence-corrected chi connectivity index (χ1v) is 14.8. The summed E-state index contributed by atoms with van der Waals surface area (Å²) in [6.45, 7) is 3.64. The summed E-state index contributed by atoms with van der Waals surface area (Å²) in [5.74, 6) is 0.252. The molecular formula is C25H37FN6O3S. The second kappa shape index (κ2) is 12.2. The minimum absolute atomic E-state index is 0.0218. The van der Waals surface area contributed by atoms with Gasteiger partial charge in [-0.3, -0.25) is 10.1 Å². The number of sulfone groups is 1. The number of tetrazole rings is 1. The third-order valence-electron chi connectivity index (χ3n) is 7.75. The summed E-state index contributed by atoms with van der Waals surface area (Å²) in [6, 6.07) is 6.10. The van der Waals surface area contributed by atoms with E-state index >= 15 is 0 Å². The maximum absolute atomic E-state index is 14.1. The van der Waals surface area contributed by atoms with Gasteiger partial charge in [-0.05, 0) is 86.9 Å². The zero-order valence-electron chi connectivity index (χ0n) is 20.9. The van der Waals surface area contributed by atoms with Crippen molar-refractivity contribution in [1.29, 1.82) is 0 Å². The van der Waals surface area contributed by atoms with Crippen LogP contribution in [0.3, 0.4) is 0 Å². The van der Waals surface area contributed by atoms with Crippen LogP contribution < -0.4 is 5.32 Å². The highest BCUT2D eigenvalue weighted by Gasteiger charge is 2.34. The fourth-order valence-corrected chi connectivity index (χ4v) is 8.06. The van der Waals surface area contributed by atoms with Crippen molar-refractivity contribution in [2.75, 3.05) is 24.2 Å². The highest BCUT2D eigenvalue weighted by molar-refractivity contribution is 7.91. The van der Waals surface area contributed by atoms with Gasteiger partial charge >= 0.3 is 0 Å². The van der Waals surface area contributed by atoms with Gasteiger partial charge in [-0.15, -0.1) is 5.10 Å². The van der Waals surface area contributed by atoms with Crippen molar-refractivity contribution in [3.05, 3.63) is 35.6 Å². The third kappa shape index (κ3) is 7.32. The van der Waals surface area contributed by atoms with Crippen LogP contribution in [-0.2, 0) is 14.6 Å². The number of nitrogens with one attached hydrogen (secondary N) is 2. The quantitative estimate of drug-likeness (QED) is 0.487. The topological polar surface area (TPSA) is 121 Å². The average molecular weight is 521 g/mol. The molecule has 4 rings (SSSR count). The molecule has 1 amide bonds. The van der Waals surface area contributed by atoms with Crippen LogP contribution in [0.25, 0.3) is 0 Å². The predicted octanol–water partition coefficient (Wildman–Crippen LogP) is 3.89. The Morgan fingerprint density at radius 3 is 2.58 bits per heavy atom. The molecule has 1 aliphatic heterocycles. The first-order valence-electron chi connectivity index (χ1n) is 13.0. The molecule has 0 spiro atoms. The number of likely N-dealkylation sites (tertiary alicyclic amines) is 1. The lowest BCUT2D eigenvalue weighted by Gasteiger charge is -2.37. The number of piperidine rings is 1. The van der Waals surface area contributed by atoms with Crippen LogP contribution in [0, 0.1) is 17.7 Å². The van der Waals surface area contributed by atoms with Crippen LogP contribution in [0.2, 0.25) is 0 Å². The molecule has 1 aromatic heterocycles. The minimum atomic E-state index is -3.44. The summed E-state index contributed by atoms with van der Waals surface area (Å²) < 4.78 is 41.3. The number of hydrogen-bond acceptors (Lipinski definition) is 7. The Bertz CT molecular complexity index is 1080. The molecule has 2 aliphatic rings. The van der Waals surface area contributed by atoms with Crippen LogP contribution in [0.1, 0.15) is 75.5 Å². The summed E-state index contributed by atoms with van der Waals surface area (Å²) in [5, 5.41) is 15.1. The van der Waals surface area contributed by atoms with E-state index in [-0.39, 0.29) is 35.5 Å². The number of nitrogens with zero attached hydrogens (tertiary/aromatic N) is 4. The van der Waals surface area contributed by atoms with Gasteiger partial charge in [0.15, 0.2) is 9.84 Å². The van der Waals surface area contributed by atoms with E-state index in [2.05, 4.69) is 37.8 Å². The lowest BCUT2D eigenvalue weighted by Crippen LogP contribution is -2.42. The van der Waals surface area contributed by atoms with Crippen molar-refractivity contribution in [3.8, 4) is 0 Å². The van der Waals surface area contributed by atoms with Crippen molar-refractivity contribution in [2.45, 2.75) is 76.0 Å². The second-order valence-corrected chi connectivity index (χ2v) is 12.7. The van der Waals surface area contributed by atoms with Crippen LogP contribution >= 0.6 is 0 Å². The van der Waals surface area contributed by atoms with Crippen molar-refractivity contribution in [1.82, 2.24) is 25.5 Å². The lowest BCUT2D eigenvalue weighted by atomic mass is 9.91. The molecule has 1 saturated heterocycles. The van der Waals surface area contributed by atoms with Crippen molar-refractivity contribution < 1.29 is 17.6 Å². The highest BCUT2D eigenvalue weighted by atomic mass is 32.2. The molecule has 1 unspecified atom stereocenters. The molecule has 198 valence electrons. The summed E-state index contributed by atoms with van der Waals surface area (Å²) in [4.78, 5) is 14.6. The molecule has 2 heterocycles. The molecule has 36 heavy (non-hydrogen) atoms. The van der Waals surface area contributed by atoms with Gasteiger partial charge in [-0.25, -0.2) is 12.8 Å². The normalized spacial score (nSPS) is 20.2. The molecule has 2 N–H and O–H groups in total. The molecule has 1 aliphatic carbocycles. The van der Waals surface area contributed by atoms with Crippen LogP contribution in [0.5, 0.6) is 0 Å². The van der Waals surface area contributed by atoms with Gasteiger partial charge in [0.2, 0.25) is 5.91 Å². The monoisotopic (exact) mass is 520 g/mol. The Morgan fingerprint density at radius 2 is 1.92 bits per heavy atom. The molecule has 1 aromatic carbocycles. The standard InChI is InChI=1S/C25H37FN6O3S/c1-18(32-12-10-19(11-13-32)15-24(33)27-25-28-30-31-29-25)14-23(21-8-5-9-22(26)16-21)36(34,35)17-20-6-3-2-4-7-20/h5,8-9,16,18-20,23H,2-4,6-7,10-15,17H2,1H3,(H2,27,28,29,30,31,33)/t18-,23?/m1/s1. The van der Waals surface area contributed by atoms with E-state index in [1.165, 1.54) is 18.6 Å². The van der Waals surface area contributed by atoms with E-state index in [1.807, 2.05) is 0 Å². The Balaban J connectivity index is 1.36. The van der Waals surface area contributed by atoms with Crippen molar-refractivity contribution in [3.63, 3.8) is 0 Å². The first kappa shape index (κ1) is 26.7. The second-order valence-electron chi connectivity index (χ2n) is 10.4. The van der Waals surface area contributed by atoms with Gasteiger partial charge < -0.3 is 4.90 Å². The molecule has 0 radical (unpaired) electrons. The molecule has 2 fully saturated rings. The van der Waals surface area contributed by atoms with Crippen LogP contribution in [0.15, 0.2) is 24.3 Å². The largest absolute Gasteiger partial charge is 0.301 e. The van der Waals surface area contributed by atoms with Gasteiger partial charge in [0, 0.05) is 12.5 Å². The zero-order valence-corrected chi connectivity index (χ0v) is 21.7. The first-order chi connectivity index (χ1) is 17.3. The number of halogens is 1. The maximum atomic E-state index is 14.1. The maximum Gasteiger partial charge on any atom is 0.269 e. The summed E-state index contributed by atoms with van der Waals surface area (Å²) in [6.07, 6.45) is 7.78. The SMILES string of the molecule is C[C@H](CC(c1cccc(F)c1)S(=O)(=O)CC1CCCCC1)N1CCC(CC(=O)Nc2nn[nH]n2)CC1. The van der Waals surface area contributed by atoms with E-state index in [4.69, 9.17) is 0 Å². The van der Waals surface area contributed by atoms with Gasteiger partial charge in [0.1, 0.15) is 5.82 Å². The fraction of sp³-hybridized carbons (Fsp3) is 0.680. The van der Waals surface area contributed by atoms with E-state index in [1.54, 1.807) is 12.1 Å². The Morgan fingerprint density at radius 1 is 1.17 bits per heavy atom. The molecule has 2 atom stereocenters. The predicted molar refractivity (Wildman–Crippen MR) is 135 cm³/mol. The number of hydrogen-bond donors (Lipinski definition) is 2. The number of anilines is 1. The van der Waals surface area contributed by atoms with E-state index in [9.17, 15) is 17.6 Å². The highest BCUT2D eigenvalue weighted by Crippen LogP contribution is 2.35. The number of amides is 1. The Hall–Kier alpha value is -2.40. The number of aromatic nitrogens is 4. The number of rotatable bonds is 10. The minimum Gasteiger partial charge on any atom is -0.301 e. The van der Waals surface area contributed by atoms with Gasteiger partial charge in [-0.2, -0.15) is 5.21 Å². The van der Waals surface area contributed by atoms with Crippen molar-refractivity contribution >= 4 is 21.7 Å². The number of carbonyl (C=O) groups excluding carboxylic acids is 1. The van der Waals surface area contributed by atoms with E-state index in [0.717, 1.165) is 51.6 Å². The van der Waals surface area contributed by atoms with E-state index in [0.29, 0.717) is 18.4 Å². The van der Waals surface area contributed by atoms with Crippen LogP contribution in [-0.4, -0.2) is 64.7 Å². The molecule has 9 nitrogen and oxygen atoms in total. The summed E-state index contributed by atoms with van der Waals surface area (Å²) in [5.41, 5.74) is 0.547. The molecule has 0 bridgehead atoms. The molecule has 11 heteroatoms. The molecular weight excluding hydrogens is 483 g/mol. The van der Waals surface area contributed by atoms with E-state index < -0.39 is 20.9 Å². The number of carbonyl (C=O) groups is 1. The van der Waals surface area contributed by atoms with Gasteiger partial charge in [0.25, 0.3) is 5.95 Å². The average Bonchev–Trinajstić information content (AvgIpc) is 3.36.